The Hall–Kier alpha value is -1.22. The molecule has 0 atom stereocenters. The number of benzene rings is 1. The molecule has 0 spiro atoms. The summed E-state index contributed by atoms with van der Waals surface area (Å²) in [5, 5.41) is 0. The lowest BCUT2D eigenvalue weighted by Crippen LogP contribution is -2.09. The molecule has 16 heavy (non-hydrogen) atoms. The smallest absolute Gasteiger partial charge is 0.127 e. The molecular formula is C13H19NO2. The van der Waals surface area contributed by atoms with Gasteiger partial charge in [0.15, 0.2) is 0 Å². The van der Waals surface area contributed by atoms with Crippen LogP contribution < -0.4 is 15.2 Å². The van der Waals surface area contributed by atoms with Crippen LogP contribution in [0.25, 0.3) is 0 Å². The molecule has 88 valence electrons. The summed E-state index contributed by atoms with van der Waals surface area (Å²) in [4.78, 5) is 0. The van der Waals surface area contributed by atoms with Gasteiger partial charge in [0.05, 0.1) is 12.2 Å². The lowest BCUT2D eigenvalue weighted by Gasteiger charge is -2.15. The molecule has 2 N–H and O–H groups in total. The second-order valence-electron chi connectivity index (χ2n) is 4.46. The first-order chi connectivity index (χ1) is 7.69. The van der Waals surface area contributed by atoms with E-state index in [4.69, 9.17) is 15.2 Å². The summed E-state index contributed by atoms with van der Waals surface area (Å²) in [5.41, 5.74) is 6.69. The Bertz CT molecular complexity index is 359. The van der Waals surface area contributed by atoms with Crippen molar-refractivity contribution >= 4 is 0 Å². The molecule has 1 fully saturated rings. The van der Waals surface area contributed by atoms with Crippen LogP contribution in [0.2, 0.25) is 0 Å². The summed E-state index contributed by atoms with van der Waals surface area (Å²) in [6, 6.07) is 5.89. The monoisotopic (exact) mass is 221 g/mol. The van der Waals surface area contributed by atoms with E-state index in [0.29, 0.717) is 12.6 Å². The minimum atomic E-state index is 0.154. The third-order valence-electron chi connectivity index (χ3n) is 2.45. The van der Waals surface area contributed by atoms with E-state index in [0.717, 1.165) is 17.1 Å². The standard InChI is InChI=1S/C13H19NO2/c1-9(2)15-13-7-12(16-11-5-6-11)4-3-10(13)8-14/h3-4,7,9,11H,5-6,8,14H2,1-2H3. The van der Waals surface area contributed by atoms with Crippen LogP contribution in [0.3, 0.4) is 0 Å². The van der Waals surface area contributed by atoms with Gasteiger partial charge in [-0.05, 0) is 32.8 Å². The van der Waals surface area contributed by atoms with Crippen molar-refractivity contribution in [1.82, 2.24) is 0 Å². The number of nitrogens with two attached hydrogens (primary N) is 1. The Morgan fingerprint density at radius 3 is 2.69 bits per heavy atom. The number of ether oxygens (including phenoxy) is 2. The van der Waals surface area contributed by atoms with E-state index in [-0.39, 0.29) is 6.10 Å². The molecule has 0 radical (unpaired) electrons. The zero-order valence-electron chi connectivity index (χ0n) is 9.90. The third kappa shape index (κ3) is 2.89. The molecule has 0 unspecified atom stereocenters. The largest absolute Gasteiger partial charge is 0.491 e. The highest BCUT2D eigenvalue weighted by molar-refractivity contribution is 5.41. The Morgan fingerprint density at radius 2 is 2.12 bits per heavy atom. The van der Waals surface area contributed by atoms with E-state index < -0.39 is 0 Å². The van der Waals surface area contributed by atoms with Crippen molar-refractivity contribution < 1.29 is 9.47 Å². The lowest BCUT2D eigenvalue weighted by molar-refractivity contribution is 0.237. The van der Waals surface area contributed by atoms with Crippen LogP contribution in [0.15, 0.2) is 18.2 Å². The topological polar surface area (TPSA) is 44.5 Å². The quantitative estimate of drug-likeness (QED) is 0.830. The number of hydrogen-bond donors (Lipinski definition) is 1. The Labute approximate surface area is 96.5 Å². The SMILES string of the molecule is CC(C)Oc1cc(OC2CC2)ccc1CN. The van der Waals surface area contributed by atoms with Crippen molar-refractivity contribution in [2.75, 3.05) is 0 Å². The van der Waals surface area contributed by atoms with Crippen LogP contribution in [0.4, 0.5) is 0 Å². The summed E-state index contributed by atoms with van der Waals surface area (Å²) >= 11 is 0. The molecule has 0 bridgehead atoms. The average Bonchev–Trinajstić information content (AvgIpc) is 3.01. The predicted molar refractivity (Wildman–Crippen MR) is 63.7 cm³/mol. The maximum atomic E-state index is 5.73. The van der Waals surface area contributed by atoms with Crippen molar-refractivity contribution in [2.45, 2.75) is 45.4 Å². The Kier molecular flexibility index (Phi) is 3.34. The first-order valence-electron chi connectivity index (χ1n) is 5.85. The van der Waals surface area contributed by atoms with Crippen LogP contribution >= 0.6 is 0 Å². The minimum absolute atomic E-state index is 0.154. The van der Waals surface area contributed by atoms with Gasteiger partial charge in [-0.2, -0.15) is 0 Å². The van der Waals surface area contributed by atoms with Crippen molar-refractivity contribution in [1.29, 1.82) is 0 Å². The van der Waals surface area contributed by atoms with E-state index in [1.54, 1.807) is 0 Å². The predicted octanol–water partition coefficient (Wildman–Crippen LogP) is 2.47. The molecule has 3 heteroatoms. The second kappa shape index (κ2) is 4.74. The van der Waals surface area contributed by atoms with Crippen LogP contribution in [0.5, 0.6) is 11.5 Å². The maximum absolute atomic E-state index is 5.73. The summed E-state index contributed by atoms with van der Waals surface area (Å²) in [6.45, 7) is 4.51. The molecule has 1 aliphatic carbocycles. The Morgan fingerprint density at radius 1 is 1.38 bits per heavy atom. The Balaban J connectivity index is 2.15. The highest BCUT2D eigenvalue weighted by Gasteiger charge is 2.23. The highest BCUT2D eigenvalue weighted by Crippen LogP contribution is 2.31. The van der Waals surface area contributed by atoms with Crippen LogP contribution in [-0.4, -0.2) is 12.2 Å². The van der Waals surface area contributed by atoms with E-state index in [1.165, 1.54) is 12.8 Å². The van der Waals surface area contributed by atoms with Crippen molar-refractivity contribution in [3.8, 4) is 11.5 Å². The molecule has 1 aromatic rings. The number of rotatable bonds is 5. The maximum Gasteiger partial charge on any atom is 0.127 e. The summed E-state index contributed by atoms with van der Waals surface area (Å²) < 4.78 is 11.4. The van der Waals surface area contributed by atoms with Crippen molar-refractivity contribution in [3.63, 3.8) is 0 Å². The molecule has 0 heterocycles. The molecule has 1 aliphatic rings. The van der Waals surface area contributed by atoms with Gasteiger partial charge in [0, 0.05) is 18.2 Å². The molecule has 1 saturated carbocycles. The van der Waals surface area contributed by atoms with E-state index in [9.17, 15) is 0 Å². The normalized spacial score (nSPS) is 15.2. The van der Waals surface area contributed by atoms with Crippen LogP contribution in [0, 0.1) is 0 Å². The fraction of sp³-hybridized carbons (Fsp3) is 0.538. The average molecular weight is 221 g/mol. The van der Waals surface area contributed by atoms with E-state index >= 15 is 0 Å². The van der Waals surface area contributed by atoms with E-state index in [2.05, 4.69) is 0 Å². The third-order valence-corrected chi connectivity index (χ3v) is 2.45. The van der Waals surface area contributed by atoms with Crippen LogP contribution in [0.1, 0.15) is 32.3 Å². The molecule has 3 nitrogen and oxygen atoms in total. The van der Waals surface area contributed by atoms with Gasteiger partial charge in [-0.1, -0.05) is 6.07 Å². The van der Waals surface area contributed by atoms with Gasteiger partial charge in [-0.15, -0.1) is 0 Å². The minimum Gasteiger partial charge on any atom is -0.491 e. The summed E-state index contributed by atoms with van der Waals surface area (Å²) in [7, 11) is 0. The van der Waals surface area contributed by atoms with Gasteiger partial charge >= 0.3 is 0 Å². The van der Waals surface area contributed by atoms with Gasteiger partial charge in [-0.25, -0.2) is 0 Å². The van der Waals surface area contributed by atoms with Crippen molar-refractivity contribution in [3.05, 3.63) is 23.8 Å². The van der Waals surface area contributed by atoms with Gasteiger partial charge < -0.3 is 15.2 Å². The van der Waals surface area contributed by atoms with Gasteiger partial charge in [0.1, 0.15) is 11.5 Å². The highest BCUT2D eigenvalue weighted by atomic mass is 16.5. The zero-order chi connectivity index (χ0) is 11.5. The second-order valence-corrected chi connectivity index (χ2v) is 4.46. The van der Waals surface area contributed by atoms with Gasteiger partial charge in [-0.3, -0.25) is 0 Å². The van der Waals surface area contributed by atoms with E-state index in [1.807, 2.05) is 32.0 Å². The van der Waals surface area contributed by atoms with Crippen molar-refractivity contribution in [2.24, 2.45) is 5.73 Å². The molecule has 1 aromatic carbocycles. The molecule has 0 amide bonds. The molecule has 0 aliphatic heterocycles. The molecular weight excluding hydrogens is 202 g/mol. The van der Waals surface area contributed by atoms with Gasteiger partial charge in [0.25, 0.3) is 0 Å². The van der Waals surface area contributed by atoms with Crippen LogP contribution in [-0.2, 0) is 6.54 Å². The first-order valence-corrected chi connectivity index (χ1v) is 5.85. The first kappa shape index (κ1) is 11.3. The lowest BCUT2D eigenvalue weighted by atomic mass is 10.2. The molecule has 2 rings (SSSR count). The summed E-state index contributed by atoms with van der Waals surface area (Å²) in [6.07, 6.45) is 2.90. The fourth-order valence-corrected chi connectivity index (χ4v) is 1.52. The number of hydrogen-bond acceptors (Lipinski definition) is 3. The summed E-state index contributed by atoms with van der Waals surface area (Å²) in [5.74, 6) is 1.73. The van der Waals surface area contributed by atoms with Gasteiger partial charge in [0.2, 0.25) is 0 Å². The molecule has 0 aromatic heterocycles. The molecule has 0 saturated heterocycles. The fourth-order valence-electron chi connectivity index (χ4n) is 1.52. The zero-order valence-corrected chi connectivity index (χ0v) is 9.90.